The predicted molar refractivity (Wildman–Crippen MR) is 153 cm³/mol. The van der Waals surface area contributed by atoms with Crippen molar-refractivity contribution in [1.82, 2.24) is 15.3 Å². The number of hydrogen-bond donors (Lipinski definition) is 4. The fraction of sp³-hybridized carbons (Fsp3) is 0.414. The molecule has 1 aliphatic heterocycles. The zero-order valence-corrected chi connectivity index (χ0v) is 23.7. The van der Waals surface area contributed by atoms with Crippen LogP contribution in [0.2, 0.25) is 0 Å². The van der Waals surface area contributed by atoms with Gasteiger partial charge in [0.15, 0.2) is 5.82 Å². The van der Waals surface area contributed by atoms with E-state index in [9.17, 15) is 23.9 Å². The molecule has 13 heteroatoms. The average Bonchev–Trinajstić information content (AvgIpc) is 2.88. The standard InChI is InChI=1S/C29H32F2N6O5/c1-14-19(12-32-21-6-5-7-37(25(14)21)28(40)41)18-8-15-9-22(35-26(38)34-17-10-16(30)11-17)33-13-20(15)24(23(18)31)36-27(39)42-29(2,3)4/h8-9,12-13,16-17H,5-7,10-11H2,1-4H3,(H,36,39)(H,40,41)(H2,33,34,35,38). The van der Waals surface area contributed by atoms with E-state index in [4.69, 9.17) is 4.74 Å². The SMILES string of the molecule is Cc1c(-c2cc3cc(NC(=O)NC4CC(F)C4)ncc3c(NC(=O)OC(C)(C)C)c2F)cnc2c1N(C(=O)O)CCC2. The molecule has 0 unspecified atom stereocenters. The van der Waals surface area contributed by atoms with E-state index in [1.54, 1.807) is 27.7 Å². The number of benzene rings is 1. The first-order chi connectivity index (χ1) is 19.8. The maximum absolute atomic E-state index is 16.3. The van der Waals surface area contributed by atoms with E-state index in [2.05, 4.69) is 25.9 Å². The molecule has 3 aromatic rings. The predicted octanol–water partition coefficient (Wildman–Crippen LogP) is 6.14. The number of nitrogens with zero attached hydrogens (tertiary/aromatic N) is 3. The monoisotopic (exact) mass is 582 g/mol. The normalized spacial score (nSPS) is 18.1. The highest BCUT2D eigenvalue weighted by atomic mass is 19.1. The zero-order chi connectivity index (χ0) is 30.3. The van der Waals surface area contributed by atoms with Gasteiger partial charge >= 0.3 is 18.2 Å². The molecule has 0 saturated heterocycles. The number of aryl methyl sites for hydroxylation is 1. The largest absolute Gasteiger partial charge is 0.465 e. The number of pyridine rings is 2. The summed E-state index contributed by atoms with van der Waals surface area (Å²) in [4.78, 5) is 47.0. The summed E-state index contributed by atoms with van der Waals surface area (Å²) < 4.78 is 34.8. The van der Waals surface area contributed by atoms with Crippen LogP contribution in [0.15, 0.2) is 24.5 Å². The summed E-state index contributed by atoms with van der Waals surface area (Å²) in [5, 5.41) is 18.2. The maximum atomic E-state index is 16.3. The first-order valence-corrected chi connectivity index (χ1v) is 13.6. The lowest BCUT2D eigenvalue weighted by molar-refractivity contribution is 0.0635. The number of hydrogen-bond acceptors (Lipinski definition) is 6. The van der Waals surface area contributed by atoms with Crippen molar-refractivity contribution in [3.8, 4) is 11.1 Å². The Morgan fingerprint density at radius 3 is 2.50 bits per heavy atom. The number of nitrogens with one attached hydrogen (secondary N) is 3. The number of amides is 4. The molecule has 3 heterocycles. The Morgan fingerprint density at radius 2 is 1.83 bits per heavy atom. The number of fused-ring (bicyclic) bond motifs is 2. The number of carbonyl (C=O) groups excluding carboxylic acids is 2. The quantitative estimate of drug-likeness (QED) is 0.289. The summed E-state index contributed by atoms with van der Waals surface area (Å²) >= 11 is 0. The number of carbonyl (C=O) groups is 3. The molecule has 5 rings (SSSR count). The summed E-state index contributed by atoms with van der Waals surface area (Å²) in [5.74, 6) is -0.642. The molecule has 42 heavy (non-hydrogen) atoms. The number of rotatable bonds is 4. The van der Waals surface area contributed by atoms with Crippen LogP contribution in [-0.4, -0.2) is 57.7 Å². The molecule has 2 aliphatic rings. The van der Waals surface area contributed by atoms with Gasteiger partial charge in [0, 0.05) is 41.5 Å². The topological polar surface area (TPSA) is 146 Å². The van der Waals surface area contributed by atoms with Crippen molar-refractivity contribution >= 4 is 46.2 Å². The molecule has 0 spiro atoms. The van der Waals surface area contributed by atoms with Crippen LogP contribution in [0, 0.1) is 12.7 Å². The molecule has 1 aliphatic carbocycles. The Bertz CT molecular complexity index is 1590. The summed E-state index contributed by atoms with van der Waals surface area (Å²) in [6, 6.07) is 2.22. The number of urea groups is 1. The highest BCUT2D eigenvalue weighted by molar-refractivity contribution is 6.05. The number of anilines is 3. The molecule has 4 amide bonds. The van der Waals surface area contributed by atoms with Gasteiger partial charge < -0.3 is 15.2 Å². The Hall–Kier alpha value is -4.55. The van der Waals surface area contributed by atoms with Crippen molar-refractivity contribution < 1.29 is 33.0 Å². The van der Waals surface area contributed by atoms with Gasteiger partial charge in [0.1, 0.15) is 17.6 Å². The Morgan fingerprint density at radius 1 is 1.10 bits per heavy atom. The Kier molecular flexibility index (Phi) is 7.60. The zero-order valence-electron chi connectivity index (χ0n) is 23.7. The third-order valence-corrected chi connectivity index (χ3v) is 7.21. The van der Waals surface area contributed by atoms with Gasteiger partial charge in [-0.25, -0.2) is 28.1 Å². The second-order valence-electron chi connectivity index (χ2n) is 11.5. The van der Waals surface area contributed by atoms with Gasteiger partial charge in [-0.15, -0.1) is 0 Å². The molecule has 4 N–H and O–H groups in total. The molecule has 222 valence electrons. The minimum absolute atomic E-state index is 0.0577. The van der Waals surface area contributed by atoms with Crippen molar-refractivity contribution in [1.29, 1.82) is 0 Å². The number of aromatic nitrogens is 2. The molecule has 1 fully saturated rings. The lowest BCUT2D eigenvalue weighted by atomic mass is 9.91. The van der Waals surface area contributed by atoms with Gasteiger partial charge in [0.2, 0.25) is 0 Å². The average molecular weight is 583 g/mol. The molecule has 2 aromatic heterocycles. The van der Waals surface area contributed by atoms with Crippen LogP contribution in [0.1, 0.15) is 51.3 Å². The van der Waals surface area contributed by atoms with Gasteiger partial charge in [0.25, 0.3) is 0 Å². The van der Waals surface area contributed by atoms with Crippen LogP contribution in [0.4, 0.5) is 40.4 Å². The summed E-state index contributed by atoms with van der Waals surface area (Å²) in [6.07, 6.45) is 1.55. The van der Waals surface area contributed by atoms with E-state index >= 15 is 4.39 Å². The van der Waals surface area contributed by atoms with Crippen LogP contribution in [-0.2, 0) is 11.2 Å². The molecule has 0 radical (unpaired) electrons. The fourth-order valence-corrected chi connectivity index (χ4v) is 5.23. The van der Waals surface area contributed by atoms with Crippen LogP contribution >= 0.6 is 0 Å². The van der Waals surface area contributed by atoms with E-state index in [-0.39, 0.29) is 47.9 Å². The molecular weight excluding hydrogens is 550 g/mol. The highest BCUT2D eigenvalue weighted by Crippen LogP contribution is 2.41. The summed E-state index contributed by atoms with van der Waals surface area (Å²) in [7, 11) is 0. The molecule has 11 nitrogen and oxygen atoms in total. The van der Waals surface area contributed by atoms with Crippen molar-refractivity contribution in [3.05, 3.63) is 41.6 Å². The minimum atomic E-state index is -1.13. The van der Waals surface area contributed by atoms with Crippen LogP contribution in [0.5, 0.6) is 0 Å². The van der Waals surface area contributed by atoms with E-state index in [1.807, 2.05) is 0 Å². The number of alkyl halides is 1. The molecule has 1 saturated carbocycles. The first kappa shape index (κ1) is 29.0. The van der Waals surface area contributed by atoms with Crippen molar-refractivity contribution in [2.75, 3.05) is 22.1 Å². The number of halogens is 2. The number of ether oxygens (including phenoxy) is 1. The van der Waals surface area contributed by atoms with Crippen LogP contribution in [0.3, 0.4) is 0 Å². The van der Waals surface area contributed by atoms with E-state index in [0.29, 0.717) is 40.7 Å². The third kappa shape index (κ3) is 5.90. The van der Waals surface area contributed by atoms with Gasteiger partial charge in [-0.2, -0.15) is 0 Å². The van der Waals surface area contributed by atoms with E-state index in [1.165, 1.54) is 29.4 Å². The smallest absolute Gasteiger partial charge is 0.412 e. The van der Waals surface area contributed by atoms with Crippen molar-refractivity contribution in [3.63, 3.8) is 0 Å². The van der Waals surface area contributed by atoms with Gasteiger partial charge in [-0.3, -0.25) is 20.5 Å². The molecular formula is C29H32F2N6O5. The Balaban J connectivity index is 1.59. The van der Waals surface area contributed by atoms with Gasteiger partial charge in [-0.1, -0.05) is 0 Å². The Labute approximate surface area is 240 Å². The fourth-order valence-electron chi connectivity index (χ4n) is 5.23. The first-order valence-electron chi connectivity index (χ1n) is 13.6. The van der Waals surface area contributed by atoms with E-state index in [0.717, 1.165) is 0 Å². The van der Waals surface area contributed by atoms with Gasteiger partial charge in [-0.05, 0) is 76.5 Å². The minimum Gasteiger partial charge on any atom is -0.465 e. The summed E-state index contributed by atoms with van der Waals surface area (Å²) in [6.45, 7) is 7.02. The van der Waals surface area contributed by atoms with Crippen LogP contribution in [0.25, 0.3) is 21.9 Å². The second-order valence-corrected chi connectivity index (χ2v) is 11.5. The lowest BCUT2D eigenvalue weighted by Crippen LogP contribution is -2.46. The second kappa shape index (κ2) is 11.0. The van der Waals surface area contributed by atoms with Crippen LogP contribution < -0.4 is 20.9 Å². The van der Waals surface area contributed by atoms with Crippen molar-refractivity contribution in [2.24, 2.45) is 0 Å². The van der Waals surface area contributed by atoms with Gasteiger partial charge in [0.05, 0.1) is 17.1 Å². The highest BCUT2D eigenvalue weighted by Gasteiger charge is 2.31. The number of carboxylic acid groups (broad SMARTS) is 1. The van der Waals surface area contributed by atoms with Crippen molar-refractivity contribution in [2.45, 2.75) is 71.2 Å². The molecule has 1 aromatic carbocycles. The third-order valence-electron chi connectivity index (χ3n) is 7.21. The van der Waals surface area contributed by atoms with E-state index < -0.39 is 35.8 Å². The maximum Gasteiger partial charge on any atom is 0.412 e. The molecule has 0 atom stereocenters. The summed E-state index contributed by atoms with van der Waals surface area (Å²) in [5.41, 5.74) is 0.875. The lowest BCUT2D eigenvalue weighted by Gasteiger charge is -2.30. The molecule has 0 bridgehead atoms.